The van der Waals surface area contributed by atoms with Gasteiger partial charge in [-0.1, -0.05) is 6.08 Å². The van der Waals surface area contributed by atoms with Gasteiger partial charge in [0.05, 0.1) is 13.2 Å². The number of ether oxygens (including phenoxy) is 2. The first-order valence-corrected chi connectivity index (χ1v) is 5.63. The maximum absolute atomic E-state index is 5.75. The summed E-state index contributed by atoms with van der Waals surface area (Å²) < 4.78 is 11.0. The molecule has 1 aromatic carbocycles. The van der Waals surface area contributed by atoms with Crippen LogP contribution in [0.15, 0.2) is 24.3 Å². The van der Waals surface area contributed by atoms with Crippen LogP contribution in [0.25, 0.3) is 5.57 Å². The van der Waals surface area contributed by atoms with Crippen molar-refractivity contribution < 1.29 is 9.47 Å². The van der Waals surface area contributed by atoms with E-state index >= 15 is 0 Å². The normalized spacial score (nSPS) is 22.6. The van der Waals surface area contributed by atoms with Crippen molar-refractivity contribution in [3.8, 4) is 11.5 Å². The Morgan fingerprint density at radius 1 is 1.44 bits per heavy atom. The number of benzene rings is 1. The van der Waals surface area contributed by atoms with Gasteiger partial charge in [-0.3, -0.25) is 0 Å². The summed E-state index contributed by atoms with van der Waals surface area (Å²) in [5.41, 5.74) is 2.57. The van der Waals surface area contributed by atoms with E-state index in [1.165, 1.54) is 11.1 Å². The van der Waals surface area contributed by atoms with Crippen molar-refractivity contribution in [2.45, 2.75) is 12.5 Å². The fourth-order valence-corrected chi connectivity index (χ4v) is 2.34. The smallest absolute Gasteiger partial charge is 0.130 e. The number of hydrogen-bond donors (Lipinski definition) is 1. The maximum atomic E-state index is 5.75. The van der Waals surface area contributed by atoms with Crippen LogP contribution in [0.2, 0.25) is 0 Å². The molecule has 0 aliphatic carbocycles. The predicted molar refractivity (Wildman–Crippen MR) is 62.9 cm³/mol. The molecule has 1 atom stereocenters. The van der Waals surface area contributed by atoms with E-state index in [1.54, 1.807) is 7.11 Å². The summed E-state index contributed by atoms with van der Waals surface area (Å²) >= 11 is 0. The topological polar surface area (TPSA) is 30.5 Å². The molecule has 0 bridgehead atoms. The second-order valence-corrected chi connectivity index (χ2v) is 4.13. The highest BCUT2D eigenvalue weighted by molar-refractivity contribution is 5.76. The van der Waals surface area contributed by atoms with E-state index in [9.17, 15) is 0 Å². The molecule has 1 N–H and O–H groups in total. The minimum atomic E-state index is 0.356. The van der Waals surface area contributed by atoms with Gasteiger partial charge in [0.2, 0.25) is 0 Å². The Morgan fingerprint density at radius 2 is 2.38 bits per heavy atom. The van der Waals surface area contributed by atoms with Crippen LogP contribution in [0, 0.1) is 0 Å². The molecule has 2 aliphatic rings. The van der Waals surface area contributed by atoms with E-state index in [0.29, 0.717) is 12.6 Å². The second kappa shape index (κ2) is 3.83. The van der Waals surface area contributed by atoms with E-state index in [2.05, 4.69) is 17.5 Å². The van der Waals surface area contributed by atoms with Gasteiger partial charge >= 0.3 is 0 Å². The second-order valence-electron chi connectivity index (χ2n) is 4.13. The summed E-state index contributed by atoms with van der Waals surface area (Å²) in [6.07, 6.45) is 3.41. The maximum Gasteiger partial charge on any atom is 0.130 e. The fraction of sp³-hybridized carbons (Fsp3) is 0.385. The molecule has 0 amide bonds. The van der Waals surface area contributed by atoms with Crippen LogP contribution < -0.4 is 14.8 Å². The standard InChI is InChI=1S/C13H15NO2/c1-15-9-4-5-11-10-3-2-6-14-12(10)8-16-13(11)7-9/h3-5,7,12,14H,2,6,8H2,1H3/t12-/m1/s1. The molecule has 84 valence electrons. The van der Waals surface area contributed by atoms with Crippen LogP contribution in [0.3, 0.4) is 0 Å². The molecule has 0 saturated heterocycles. The third-order valence-corrected chi connectivity index (χ3v) is 3.18. The molecule has 0 aromatic heterocycles. The molecule has 3 nitrogen and oxygen atoms in total. The van der Waals surface area contributed by atoms with Gasteiger partial charge in [-0.25, -0.2) is 0 Å². The number of nitrogens with one attached hydrogen (secondary N) is 1. The summed E-state index contributed by atoms with van der Waals surface area (Å²) in [6, 6.07) is 6.38. The van der Waals surface area contributed by atoms with Crippen molar-refractivity contribution >= 4 is 5.57 Å². The predicted octanol–water partition coefficient (Wildman–Crippen LogP) is 1.83. The van der Waals surface area contributed by atoms with Crippen LogP contribution in [-0.2, 0) is 0 Å². The van der Waals surface area contributed by atoms with E-state index in [4.69, 9.17) is 9.47 Å². The van der Waals surface area contributed by atoms with Gasteiger partial charge < -0.3 is 14.8 Å². The van der Waals surface area contributed by atoms with Crippen LogP contribution >= 0.6 is 0 Å². The molecule has 3 heteroatoms. The Balaban J connectivity index is 2.05. The fourth-order valence-electron chi connectivity index (χ4n) is 2.34. The summed E-state index contributed by atoms with van der Waals surface area (Å²) in [7, 11) is 1.68. The molecule has 3 rings (SSSR count). The first kappa shape index (κ1) is 9.73. The van der Waals surface area contributed by atoms with Crippen LogP contribution in [0.5, 0.6) is 11.5 Å². The molecule has 0 saturated carbocycles. The Morgan fingerprint density at radius 3 is 3.25 bits per heavy atom. The molecule has 16 heavy (non-hydrogen) atoms. The Bertz CT molecular complexity index is 440. The van der Waals surface area contributed by atoms with Crippen molar-refractivity contribution in [3.05, 3.63) is 29.8 Å². The van der Waals surface area contributed by atoms with Crippen LogP contribution in [0.1, 0.15) is 12.0 Å². The van der Waals surface area contributed by atoms with Gasteiger partial charge in [-0.2, -0.15) is 0 Å². The van der Waals surface area contributed by atoms with Gasteiger partial charge in [0, 0.05) is 11.6 Å². The van der Waals surface area contributed by atoms with E-state index in [1.807, 2.05) is 12.1 Å². The monoisotopic (exact) mass is 217 g/mol. The van der Waals surface area contributed by atoms with Crippen molar-refractivity contribution in [3.63, 3.8) is 0 Å². The van der Waals surface area contributed by atoms with Crippen LogP contribution in [0.4, 0.5) is 0 Å². The zero-order chi connectivity index (χ0) is 11.0. The van der Waals surface area contributed by atoms with Crippen LogP contribution in [-0.4, -0.2) is 26.3 Å². The molecule has 0 unspecified atom stereocenters. The minimum absolute atomic E-state index is 0.356. The van der Waals surface area contributed by atoms with E-state index < -0.39 is 0 Å². The molecule has 2 heterocycles. The molecule has 0 radical (unpaired) electrons. The average molecular weight is 217 g/mol. The zero-order valence-corrected chi connectivity index (χ0v) is 9.32. The lowest BCUT2D eigenvalue weighted by Gasteiger charge is -2.31. The number of hydrogen-bond acceptors (Lipinski definition) is 3. The summed E-state index contributed by atoms with van der Waals surface area (Å²) in [4.78, 5) is 0. The highest BCUT2D eigenvalue weighted by Crippen LogP contribution is 2.36. The SMILES string of the molecule is COc1ccc2c(c1)OC[C@H]1NCCC=C21. The van der Waals surface area contributed by atoms with Gasteiger partial charge in [-0.05, 0) is 30.7 Å². The molecule has 0 spiro atoms. The zero-order valence-electron chi connectivity index (χ0n) is 9.32. The molecule has 0 fully saturated rings. The highest BCUT2D eigenvalue weighted by Gasteiger charge is 2.26. The summed E-state index contributed by atoms with van der Waals surface area (Å²) in [6.45, 7) is 1.76. The first-order valence-electron chi connectivity index (χ1n) is 5.63. The number of methoxy groups -OCH3 is 1. The summed E-state index contributed by atoms with van der Waals surface area (Å²) in [5.74, 6) is 1.78. The summed E-state index contributed by atoms with van der Waals surface area (Å²) in [5, 5.41) is 3.47. The molecule has 2 aliphatic heterocycles. The Kier molecular flexibility index (Phi) is 2.33. The lowest BCUT2D eigenvalue weighted by atomic mass is 9.92. The van der Waals surface area contributed by atoms with E-state index in [0.717, 1.165) is 24.5 Å². The molecule has 1 aromatic rings. The highest BCUT2D eigenvalue weighted by atomic mass is 16.5. The Labute approximate surface area is 95.1 Å². The number of rotatable bonds is 1. The van der Waals surface area contributed by atoms with Gasteiger partial charge in [0.1, 0.15) is 18.1 Å². The largest absolute Gasteiger partial charge is 0.497 e. The third kappa shape index (κ3) is 1.48. The van der Waals surface area contributed by atoms with Gasteiger partial charge in [0.15, 0.2) is 0 Å². The molecular formula is C13H15NO2. The van der Waals surface area contributed by atoms with Crippen molar-refractivity contribution in [2.24, 2.45) is 0 Å². The lowest BCUT2D eigenvalue weighted by molar-refractivity contribution is 0.274. The third-order valence-electron chi connectivity index (χ3n) is 3.18. The first-order chi connectivity index (χ1) is 7.88. The lowest BCUT2D eigenvalue weighted by Crippen LogP contribution is -2.41. The van der Waals surface area contributed by atoms with Gasteiger partial charge in [-0.15, -0.1) is 0 Å². The number of fused-ring (bicyclic) bond motifs is 3. The molecular weight excluding hydrogens is 202 g/mol. The van der Waals surface area contributed by atoms with Crippen molar-refractivity contribution in [2.75, 3.05) is 20.3 Å². The van der Waals surface area contributed by atoms with Gasteiger partial charge in [0.25, 0.3) is 0 Å². The average Bonchev–Trinajstić information content (AvgIpc) is 2.38. The van der Waals surface area contributed by atoms with Crippen molar-refractivity contribution in [1.82, 2.24) is 5.32 Å². The Hall–Kier alpha value is -1.48. The minimum Gasteiger partial charge on any atom is -0.497 e. The van der Waals surface area contributed by atoms with Crippen molar-refractivity contribution in [1.29, 1.82) is 0 Å². The quantitative estimate of drug-likeness (QED) is 0.778. The van der Waals surface area contributed by atoms with E-state index in [-0.39, 0.29) is 0 Å².